The maximum atomic E-state index is 10.9. The second kappa shape index (κ2) is 5.14. The van der Waals surface area contributed by atoms with Crippen LogP contribution in [-0.4, -0.2) is 23.1 Å². The standard InChI is InChI=1S/C12H16N2O3/c15-11-1-2-12(14(16)17)10(8-11)7-9-3-5-13-6-4-9/h1-2,8-9,13,15H,3-7H2. The van der Waals surface area contributed by atoms with E-state index in [1.165, 1.54) is 18.2 Å². The van der Waals surface area contributed by atoms with Crippen molar-refractivity contribution in [1.29, 1.82) is 0 Å². The number of phenolic OH excluding ortho intramolecular Hbond substituents is 1. The Morgan fingerprint density at radius 3 is 2.76 bits per heavy atom. The van der Waals surface area contributed by atoms with E-state index in [1.807, 2.05) is 0 Å². The zero-order valence-electron chi connectivity index (χ0n) is 9.56. The molecule has 0 radical (unpaired) electrons. The Balaban J connectivity index is 2.17. The van der Waals surface area contributed by atoms with Gasteiger partial charge in [0.15, 0.2) is 0 Å². The molecule has 5 nitrogen and oxygen atoms in total. The highest BCUT2D eigenvalue weighted by molar-refractivity contribution is 5.45. The van der Waals surface area contributed by atoms with Crippen LogP contribution in [0.3, 0.4) is 0 Å². The molecule has 1 heterocycles. The molecule has 0 aliphatic carbocycles. The minimum absolute atomic E-state index is 0.0968. The fraction of sp³-hybridized carbons (Fsp3) is 0.500. The number of aromatic hydroxyl groups is 1. The van der Waals surface area contributed by atoms with Crippen molar-refractivity contribution in [3.8, 4) is 5.75 Å². The lowest BCUT2D eigenvalue weighted by Crippen LogP contribution is -2.28. The molecule has 0 bridgehead atoms. The minimum Gasteiger partial charge on any atom is -0.508 e. The summed E-state index contributed by atoms with van der Waals surface area (Å²) in [5.41, 5.74) is 0.753. The molecule has 0 amide bonds. The predicted molar refractivity (Wildman–Crippen MR) is 64.1 cm³/mol. The van der Waals surface area contributed by atoms with Gasteiger partial charge < -0.3 is 10.4 Å². The van der Waals surface area contributed by atoms with E-state index in [1.54, 1.807) is 0 Å². The number of phenols is 1. The first-order valence-electron chi connectivity index (χ1n) is 5.84. The number of rotatable bonds is 3. The van der Waals surface area contributed by atoms with Crippen LogP contribution in [0.25, 0.3) is 0 Å². The third-order valence-corrected chi connectivity index (χ3v) is 3.23. The van der Waals surface area contributed by atoms with Crippen LogP contribution in [-0.2, 0) is 6.42 Å². The maximum absolute atomic E-state index is 10.9. The van der Waals surface area contributed by atoms with Crippen LogP contribution in [0.1, 0.15) is 18.4 Å². The zero-order chi connectivity index (χ0) is 12.3. The van der Waals surface area contributed by atoms with Crippen molar-refractivity contribution in [3.63, 3.8) is 0 Å². The quantitative estimate of drug-likeness (QED) is 0.620. The van der Waals surface area contributed by atoms with Crippen molar-refractivity contribution in [1.82, 2.24) is 5.32 Å². The van der Waals surface area contributed by atoms with E-state index >= 15 is 0 Å². The Morgan fingerprint density at radius 2 is 2.12 bits per heavy atom. The van der Waals surface area contributed by atoms with Crippen molar-refractivity contribution in [3.05, 3.63) is 33.9 Å². The third kappa shape index (κ3) is 2.94. The van der Waals surface area contributed by atoms with E-state index in [9.17, 15) is 15.2 Å². The molecule has 1 aromatic carbocycles. The Hall–Kier alpha value is -1.62. The lowest BCUT2D eigenvalue weighted by Gasteiger charge is -2.22. The molecular weight excluding hydrogens is 220 g/mol. The topological polar surface area (TPSA) is 75.4 Å². The summed E-state index contributed by atoms with van der Waals surface area (Å²) >= 11 is 0. The molecule has 1 aromatic rings. The van der Waals surface area contributed by atoms with Gasteiger partial charge in [-0.1, -0.05) is 0 Å². The van der Waals surface area contributed by atoms with Crippen LogP contribution in [0.15, 0.2) is 18.2 Å². The second-order valence-electron chi connectivity index (χ2n) is 4.47. The van der Waals surface area contributed by atoms with Crippen LogP contribution in [0, 0.1) is 16.0 Å². The van der Waals surface area contributed by atoms with Crippen molar-refractivity contribution in [2.75, 3.05) is 13.1 Å². The predicted octanol–water partition coefficient (Wildman–Crippen LogP) is 1.84. The van der Waals surface area contributed by atoms with Crippen LogP contribution in [0.2, 0.25) is 0 Å². The van der Waals surface area contributed by atoms with Crippen LogP contribution in [0.5, 0.6) is 5.75 Å². The first kappa shape index (κ1) is 11.9. The second-order valence-corrected chi connectivity index (χ2v) is 4.47. The summed E-state index contributed by atoms with van der Waals surface area (Å²) in [6, 6.07) is 4.26. The number of hydrogen-bond donors (Lipinski definition) is 2. The van der Waals surface area contributed by atoms with Crippen molar-refractivity contribution in [2.24, 2.45) is 5.92 Å². The van der Waals surface area contributed by atoms with Gasteiger partial charge in [0.2, 0.25) is 0 Å². The lowest BCUT2D eigenvalue weighted by molar-refractivity contribution is -0.385. The first-order chi connectivity index (χ1) is 8.16. The lowest BCUT2D eigenvalue weighted by atomic mass is 9.90. The van der Waals surface area contributed by atoms with Gasteiger partial charge in [-0.15, -0.1) is 0 Å². The SMILES string of the molecule is O=[N+]([O-])c1ccc(O)cc1CC1CCNCC1. The zero-order valence-corrected chi connectivity index (χ0v) is 9.56. The van der Waals surface area contributed by atoms with Crippen molar-refractivity contribution in [2.45, 2.75) is 19.3 Å². The Kier molecular flexibility index (Phi) is 3.58. The number of benzene rings is 1. The highest BCUT2D eigenvalue weighted by Crippen LogP contribution is 2.28. The average molecular weight is 236 g/mol. The summed E-state index contributed by atoms with van der Waals surface area (Å²) in [4.78, 5) is 10.5. The number of nitro groups is 1. The third-order valence-electron chi connectivity index (χ3n) is 3.23. The molecule has 0 atom stereocenters. The smallest absolute Gasteiger partial charge is 0.272 e. The first-order valence-corrected chi connectivity index (χ1v) is 5.84. The van der Waals surface area contributed by atoms with E-state index < -0.39 is 0 Å². The minimum atomic E-state index is -0.379. The van der Waals surface area contributed by atoms with Gasteiger partial charge in [-0.25, -0.2) is 0 Å². The van der Waals surface area contributed by atoms with Gasteiger partial charge in [0.05, 0.1) is 4.92 Å². The van der Waals surface area contributed by atoms with Gasteiger partial charge in [0, 0.05) is 11.6 Å². The maximum Gasteiger partial charge on any atom is 0.272 e. The fourth-order valence-electron chi connectivity index (χ4n) is 2.31. The highest BCUT2D eigenvalue weighted by Gasteiger charge is 2.20. The van der Waals surface area contributed by atoms with E-state index in [-0.39, 0.29) is 16.4 Å². The van der Waals surface area contributed by atoms with Gasteiger partial charge in [0.25, 0.3) is 5.69 Å². The van der Waals surface area contributed by atoms with E-state index in [0.717, 1.165) is 25.9 Å². The Morgan fingerprint density at radius 1 is 1.41 bits per heavy atom. The number of nitrogens with one attached hydrogen (secondary N) is 1. The monoisotopic (exact) mass is 236 g/mol. The average Bonchev–Trinajstić information content (AvgIpc) is 2.30. The molecule has 1 aliphatic rings. The summed E-state index contributed by atoms with van der Waals surface area (Å²) < 4.78 is 0. The van der Waals surface area contributed by atoms with Gasteiger partial charge in [0.1, 0.15) is 5.75 Å². The summed E-state index contributed by atoms with van der Waals surface area (Å²) in [6.45, 7) is 1.94. The Labute approximate surface area is 99.6 Å². The molecule has 2 N–H and O–H groups in total. The largest absolute Gasteiger partial charge is 0.508 e. The number of nitrogens with zero attached hydrogens (tertiary/aromatic N) is 1. The molecule has 2 rings (SSSR count). The van der Waals surface area contributed by atoms with Gasteiger partial charge in [-0.3, -0.25) is 10.1 Å². The van der Waals surface area contributed by atoms with Crippen molar-refractivity contribution < 1.29 is 10.0 Å². The van der Waals surface area contributed by atoms with Crippen LogP contribution >= 0.6 is 0 Å². The molecular formula is C12H16N2O3. The Bertz CT molecular complexity index is 414. The summed E-state index contributed by atoms with van der Waals surface area (Å²) in [7, 11) is 0. The van der Waals surface area contributed by atoms with Crippen molar-refractivity contribution >= 4 is 5.69 Å². The van der Waals surface area contributed by atoms with Crippen LogP contribution in [0.4, 0.5) is 5.69 Å². The molecule has 5 heteroatoms. The summed E-state index contributed by atoms with van der Waals surface area (Å²) in [6.07, 6.45) is 2.74. The molecule has 92 valence electrons. The molecule has 0 unspecified atom stereocenters. The normalized spacial score (nSPS) is 16.9. The van der Waals surface area contributed by atoms with E-state index in [4.69, 9.17) is 0 Å². The summed E-state index contributed by atoms with van der Waals surface area (Å²) in [5.74, 6) is 0.566. The van der Waals surface area contributed by atoms with Gasteiger partial charge in [-0.05, 0) is 50.4 Å². The summed E-state index contributed by atoms with van der Waals surface area (Å²) in [5, 5.41) is 23.6. The number of piperidine rings is 1. The molecule has 0 saturated carbocycles. The highest BCUT2D eigenvalue weighted by atomic mass is 16.6. The van der Waals surface area contributed by atoms with E-state index in [0.29, 0.717) is 17.9 Å². The van der Waals surface area contributed by atoms with Crippen LogP contribution < -0.4 is 5.32 Å². The van der Waals surface area contributed by atoms with Gasteiger partial charge >= 0.3 is 0 Å². The fourth-order valence-corrected chi connectivity index (χ4v) is 2.31. The van der Waals surface area contributed by atoms with E-state index in [2.05, 4.69) is 5.32 Å². The van der Waals surface area contributed by atoms with Gasteiger partial charge in [-0.2, -0.15) is 0 Å². The molecule has 1 fully saturated rings. The molecule has 17 heavy (non-hydrogen) atoms. The molecule has 1 saturated heterocycles. The molecule has 0 spiro atoms. The molecule has 1 aliphatic heterocycles. The molecule has 0 aromatic heterocycles. The number of hydrogen-bond acceptors (Lipinski definition) is 4. The number of nitro benzene ring substituents is 1.